The second-order valence-electron chi connectivity index (χ2n) is 10.9. The van der Waals surface area contributed by atoms with Crippen LogP contribution in [0, 0.1) is 28.6 Å². The van der Waals surface area contributed by atoms with Gasteiger partial charge in [0.15, 0.2) is 5.13 Å². The summed E-state index contributed by atoms with van der Waals surface area (Å²) in [4.78, 5) is 6.40. The smallest absolute Gasteiger partial charge is 0.188 e. The van der Waals surface area contributed by atoms with E-state index in [1.807, 2.05) is 24.3 Å². The van der Waals surface area contributed by atoms with Crippen molar-refractivity contribution >= 4 is 27.7 Å². The van der Waals surface area contributed by atoms with Gasteiger partial charge in [0.1, 0.15) is 5.75 Å². The number of anilines is 2. The molecule has 6 rings (SSSR count). The van der Waals surface area contributed by atoms with E-state index in [9.17, 15) is 5.11 Å². The van der Waals surface area contributed by atoms with E-state index in [2.05, 4.69) is 25.2 Å². The standard InChI is InChI=1S/C27H34N2O2S/c1-26-15-13-21-24(32-25(29-21)28-20-6-4-5-7-22(20)31-3)19(26)9-8-16-17-10-11-23(30)27(17,2)14-12-18(16)26/h4-7,9,16-18,23,30H,8,10-15H2,1-3H3,(H,28,29)/t16-,17-,18-,23-,26+,27-/m0/s1. The third kappa shape index (κ3) is 2.86. The summed E-state index contributed by atoms with van der Waals surface area (Å²) in [5.74, 6) is 2.97. The Bertz CT molecular complexity index is 1080. The van der Waals surface area contributed by atoms with Crippen molar-refractivity contribution in [3.05, 3.63) is 40.9 Å². The molecule has 4 nitrogen and oxygen atoms in total. The van der Waals surface area contributed by atoms with Gasteiger partial charge in [-0.3, -0.25) is 0 Å². The Morgan fingerprint density at radius 1 is 1.12 bits per heavy atom. The van der Waals surface area contributed by atoms with Gasteiger partial charge in [0.25, 0.3) is 0 Å². The van der Waals surface area contributed by atoms with E-state index in [0.717, 1.165) is 47.7 Å². The summed E-state index contributed by atoms with van der Waals surface area (Å²) in [5.41, 5.74) is 4.14. The lowest BCUT2D eigenvalue weighted by molar-refractivity contribution is -0.0579. The molecule has 0 spiro atoms. The fourth-order valence-electron chi connectivity index (χ4n) is 7.76. The number of para-hydroxylation sites is 2. The second kappa shape index (κ2) is 7.33. The zero-order valence-corrected chi connectivity index (χ0v) is 20.2. The van der Waals surface area contributed by atoms with E-state index < -0.39 is 0 Å². The summed E-state index contributed by atoms with van der Waals surface area (Å²) in [6, 6.07) is 8.04. The van der Waals surface area contributed by atoms with Crippen LogP contribution in [-0.2, 0) is 6.42 Å². The summed E-state index contributed by atoms with van der Waals surface area (Å²) in [5, 5.41) is 15.2. The van der Waals surface area contributed by atoms with Crippen LogP contribution in [-0.4, -0.2) is 23.3 Å². The number of allylic oxidation sites excluding steroid dienone is 2. The van der Waals surface area contributed by atoms with Crippen LogP contribution in [0.25, 0.3) is 5.57 Å². The number of aromatic nitrogens is 1. The molecule has 0 aliphatic heterocycles. The van der Waals surface area contributed by atoms with Gasteiger partial charge >= 0.3 is 0 Å². The first-order chi connectivity index (χ1) is 15.4. The molecule has 1 heterocycles. The van der Waals surface area contributed by atoms with Gasteiger partial charge in [-0.1, -0.05) is 43.4 Å². The Hall–Kier alpha value is -1.85. The number of aliphatic hydroxyl groups is 1. The highest BCUT2D eigenvalue weighted by Crippen LogP contribution is 2.66. The highest BCUT2D eigenvalue weighted by atomic mass is 32.1. The van der Waals surface area contributed by atoms with Crippen molar-refractivity contribution < 1.29 is 9.84 Å². The van der Waals surface area contributed by atoms with Crippen LogP contribution < -0.4 is 10.1 Å². The molecule has 0 radical (unpaired) electrons. The minimum Gasteiger partial charge on any atom is -0.495 e. The Kier molecular flexibility index (Phi) is 4.75. The van der Waals surface area contributed by atoms with Crippen molar-refractivity contribution in [3.8, 4) is 5.75 Å². The molecule has 1 aromatic heterocycles. The van der Waals surface area contributed by atoms with E-state index in [-0.39, 0.29) is 16.9 Å². The molecule has 170 valence electrons. The third-order valence-corrected chi connectivity index (χ3v) is 10.6. The molecule has 0 amide bonds. The van der Waals surface area contributed by atoms with Crippen LogP contribution in [0.2, 0.25) is 0 Å². The minimum absolute atomic E-state index is 0.102. The summed E-state index contributed by atoms with van der Waals surface area (Å²) < 4.78 is 5.52. The molecule has 5 heteroatoms. The van der Waals surface area contributed by atoms with Gasteiger partial charge in [0.05, 0.1) is 29.5 Å². The molecule has 1 aromatic carbocycles. The molecule has 0 bridgehead atoms. The molecule has 2 saturated carbocycles. The topological polar surface area (TPSA) is 54.4 Å². The number of thiazole rings is 1. The maximum atomic E-state index is 10.7. The zero-order chi connectivity index (χ0) is 22.1. The van der Waals surface area contributed by atoms with Crippen molar-refractivity contribution in [1.29, 1.82) is 0 Å². The SMILES string of the molecule is COc1ccccc1Nc1nc2c(s1)C1=CC[C@H]3[C@@H]4CC[C@H](O)[C@@]4(C)CC[C@@H]3[C@@]1(C)CC2. The maximum absolute atomic E-state index is 10.7. The van der Waals surface area contributed by atoms with Gasteiger partial charge in [0, 0.05) is 0 Å². The molecule has 2 N–H and O–H groups in total. The third-order valence-electron chi connectivity index (χ3n) is 9.59. The van der Waals surface area contributed by atoms with E-state index in [1.165, 1.54) is 36.3 Å². The van der Waals surface area contributed by atoms with E-state index >= 15 is 0 Å². The van der Waals surface area contributed by atoms with Crippen LogP contribution in [0.3, 0.4) is 0 Å². The Labute approximate surface area is 195 Å². The number of fused-ring (bicyclic) bond motifs is 7. The molecule has 0 saturated heterocycles. The van der Waals surface area contributed by atoms with Gasteiger partial charge in [0.2, 0.25) is 0 Å². The number of hydrogen-bond acceptors (Lipinski definition) is 5. The minimum atomic E-state index is -0.102. The van der Waals surface area contributed by atoms with Gasteiger partial charge < -0.3 is 15.2 Å². The van der Waals surface area contributed by atoms with Crippen LogP contribution in [0.1, 0.15) is 62.9 Å². The number of nitrogens with zero attached hydrogens (tertiary/aromatic N) is 1. The molecular weight excluding hydrogens is 416 g/mol. The normalized spacial score (nSPS) is 37.6. The number of rotatable bonds is 3. The number of hydrogen-bond donors (Lipinski definition) is 2. The summed E-state index contributed by atoms with van der Waals surface area (Å²) >= 11 is 1.81. The van der Waals surface area contributed by atoms with E-state index in [4.69, 9.17) is 9.72 Å². The maximum Gasteiger partial charge on any atom is 0.188 e. The van der Waals surface area contributed by atoms with Gasteiger partial charge in [-0.25, -0.2) is 4.98 Å². The first-order valence-electron chi connectivity index (χ1n) is 12.2. The number of methoxy groups -OCH3 is 1. The Morgan fingerprint density at radius 2 is 1.97 bits per heavy atom. The highest BCUT2D eigenvalue weighted by Gasteiger charge is 2.58. The van der Waals surface area contributed by atoms with E-state index in [1.54, 1.807) is 24.0 Å². The molecule has 2 aromatic rings. The number of ether oxygens (including phenoxy) is 1. The lowest BCUT2D eigenvalue weighted by Gasteiger charge is -2.56. The Morgan fingerprint density at radius 3 is 2.81 bits per heavy atom. The van der Waals surface area contributed by atoms with Crippen LogP contribution in [0.4, 0.5) is 10.8 Å². The van der Waals surface area contributed by atoms with Gasteiger partial charge in [-0.15, -0.1) is 0 Å². The van der Waals surface area contributed by atoms with Crippen molar-refractivity contribution in [3.63, 3.8) is 0 Å². The first kappa shape index (κ1) is 20.7. The van der Waals surface area contributed by atoms with Crippen molar-refractivity contribution in [2.24, 2.45) is 28.6 Å². The van der Waals surface area contributed by atoms with Crippen LogP contribution in [0.15, 0.2) is 30.3 Å². The van der Waals surface area contributed by atoms with Crippen molar-refractivity contribution in [2.45, 2.75) is 64.9 Å². The average molecular weight is 451 g/mol. The number of aryl methyl sites for hydroxylation is 1. The fraction of sp³-hybridized carbons (Fsp3) is 0.593. The number of nitrogens with one attached hydrogen (secondary N) is 1. The van der Waals surface area contributed by atoms with Gasteiger partial charge in [-0.05, 0) is 91.2 Å². The lowest BCUT2D eigenvalue weighted by Crippen LogP contribution is -2.50. The summed E-state index contributed by atoms with van der Waals surface area (Å²) in [7, 11) is 1.71. The zero-order valence-electron chi connectivity index (χ0n) is 19.4. The molecule has 4 aliphatic carbocycles. The van der Waals surface area contributed by atoms with Crippen molar-refractivity contribution in [2.75, 3.05) is 12.4 Å². The van der Waals surface area contributed by atoms with Crippen molar-refractivity contribution in [1.82, 2.24) is 4.98 Å². The monoisotopic (exact) mass is 450 g/mol. The summed E-state index contributed by atoms with van der Waals surface area (Å²) in [6.45, 7) is 4.89. The molecule has 2 fully saturated rings. The molecule has 32 heavy (non-hydrogen) atoms. The lowest BCUT2D eigenvalue weighted by atomic mass is 9.48. The summed E-state index contributed by atoms with van der Waals surface area (Å²) in [6.07, 6.45) is 10.5. The molecular formula is C27H34N2O2S. The predicted octanol–water partition coefficient (Wildman–Crippen LogP) is 6.44. The first-order valence-corrected chi connectivity index (χ1v) is 13.0. The largest absolute Gasteiger partial charge is 0.495 e. The molecule has 0 unspecified atom stereocenters. The van der Waals surface area contributed by atoms with Gasteiger partial charge in [-0.2, -0.15) is 0 Å². The average Bonchev–Trinajstić information content (AvgIpc) is 3.34. The van der Waals surface area contributed by atoms with Crippen LogP contribution in [0.5, 0.6) is 5.75 Å². The second-order valence-corrected chi connectivity index (χ2v) is 11.9. The highest BCUT2D eigenvalue weighted by molar-refractivity contribution is 7.16. The fourth-order valence-corrected chi connectivity index (χ4v) is 8.97. The predicted molar refractivity (Wildman–Crippen MR) is 130 cm³/mol. The number of aliphatic hydroxyl groups excluding tert-OH is 1. The van der Waals surface area contributed by atoms with E-state index in [0.29, 0.717) is 5.92 Å². The molecule has 6 atom stereocenters. The van der Waals surface area contributed by atoms with Crippen LogP contribution >= 0.6 is 11.3 Å². The molecule has 4 aliphatic rings. The quantitative estimate of drug-likeness (QED) is 0.565. The Balaban J connectivity index is 1.33. The number of benzene rings is 1.